The van der Waals surface area contributed by atoms with Crippen LogP contribution in [0.5, 0.6) is 0 Å². The lowest BCUT2D eigenvalue weighted by Gasteiger charge is -2.04. The topological polar surface area (TPSA) is 30.0 Å². The lowest BCUT2D eigenvalue weighted by atomic mass is 10.0. The molecule has 0 fully saturated rings. The Hall–Kier alpha value is -1.55. The number of carbonyl (C=O) groups is 1. The smallest absolute Gasteiger partial charge is 0.141 e. The van der Waals surface area contributed by atoms with E-state index in [0.29, 0.717) is 12.0 Å². The van der Waals surface area contributed by atoms with E-state index in [2.05, 4.69) is 20.9 Å². The Balaban J connectivity index is 2.05. The van der Waals surface area contributed by atoms with E-state index in [1.807, 2.05) is 0 Å². The molecule has 2 rings (SSSR count). The molecule has 1 aromatic heterocycles. The highest BCUT2D eigenvalue weighted by Gasteiger charge is 2.09. The molecule has 0 saturated carbocycles. The number of hydrogen-bond acceptors (Lipinski definition) is 2. The summed E-state index contributed by atoms with van der Waals surface area (Å²) in [6.45, 7) is 0. The fourth-order valence-electron chi connectivity index (χ4n) is 1.68. The van der Waals surface area contributed by atoms with Crippen molar-refractivity contribution >= 4 is 21.7 Å². The maximum absolute atomic E-state index is 13.1. The lowest BCUT2D eigenvalue weighted by Crippen LogP contribution is -2.07. The molecule has 0 bridgehead atoms. The minimum absolute atomic E-state index is 0.0486. The third kappa shape index (κ3) is 3.47. The molecule has 0 atom stereocenters. The Bertz CT molecular complexity index is 557. The normalized spacial score (nSPS) is 10.3. The highest BCUT2D eigenvalue weighted by atomic mass is 79.9. The predicted molar refractivity (Wildman–Crippen MR) is 70.8 cm³/mol. The molecule has 2 nitrogen and oxygen atoms in total. The van der Waals surface area contributed by atoms with Gasteiger partial charge in [-0.1, -0.05) is 15.9 Å². The summed E-state index contributed by atoms with van der Waals surface area (Å²) >= 11 is 3.32. The predicted octanol–water partition coefficient (Wildman–Crippen LogP) is 3.34. The maximum Gasteiger partial charge on any atom is 0.141 e. The molecule has 2 aromatic rings. The Labute approximate surface area is 113 Å². The Morgan fingerprint density at radius 1 is 1.17 bits per heavy atom. The molecule has 18 heavy (non-hydrogen) atoms. The zero-order chi connectivity index (χ0) is 13.0. The van der Waals surface area contributed by atoms with Gasteiger partial charge in [0.05, 0.1) is 0 Å². The second-order valence-corrected chi connectivity index (χ2v) is 4.84. The minimum Gasteiger partial charge on any atom is -0.299 e. The largest absolute Gasteiger partial charge is 0.299 e. The molecule has 0 radical (unpaired) electrons. The number of hydrogen-bond donors (Lipinski definition) is 0. The van der Waals surface area contributed by atoms with Crippen LogP contribution in [-0.4, -0.2) is 10.8 Å². The van der Waals surface area contributed by atoms with Crippen LogP contribution in [0.4, 0.5) is 4.39 Å². The first-order valence-electron chi connectivity index (χ1n) is 5.49. The Kier molecular flexibility index (Phi) is 4.20. The van der Waals surface area contributed by atoms with Gasteiger partial charge in [-0.25, -0.2) is 4.39 Å². The molecule has 0 aliphatic rings. The summed E-state index contributed by atoms with van der Waals surface area (Å²) in [7, 11) is 0. The molecule has 1 heterocycles. The molecule has 1 aromatic carbocycles. The number of Topliss-reactive ketones (excluding diaryl/α,β-unsaturated/α-hetero) is 1. The summed E-state index contributed by atoms with van der Waals surface area (Å²) in [6, 6.07) is 7.97. The Morgan fingerprint density at radius 2 is 1.89 bits per heavy atom. The van der Waals surface area contributed by atoms with E-state index in [-0.39, 0.29) is 18.0 Å². The SMILES string of the molecule is O=C(Cc1ccncc1)Cc1cc(F)ccc1Br. The molecule has 0 spiro atoms. The van der Waals surface area contributed by atoms with Crippen molar-refractivity contribution in [2.45, 2.75) is 12.8 Å². The molecule has 0 unspecified atom stereocenters. The zero-order valence-corrected chi connectivity index (χ0v) is 11.2. The van der Waals surface area contributed by atoms with E-state index in [1.54, 1.807) is 30.6 Å². The van der Waals surface area contributed by atoms with E-state index in [0.717, 1.165) is 10.0 Å². The van der Waals surface area contributed by atoms with Crippen molar-refractivity contribution in [1.29, 1.82) is 0 Å². The van der Waals surface area contributed by atoms with E-state index >= 15 is 0 Å². The summed E-state index contributed by atoms with van der Waals surface area (Å²) in [4.78, 5) is 15.8. The first-order chi connectivity index (χ1) is 8.65. The van der Waals surface area contributed by atoms with Gasteiger partial charge in [0, 0.05) is 29.7 Å². The third-order valence-electron chi connectivity index (χ3n) is 2.55. The lowest BCUT2D eigenvalue weighted by molar-refractivity contribution is -0.117. The van der Waals surface area contributed by atoms with Crippen LogP contribution in [0.1, 0.15) is 11.1 Å². The van der Waals surface area contributed by atoms with Crippen LogP contribution in [0.25, 0.3) is 0 Å². The molecular formula is C14H11BrFNO. The van der Waals surface area contributed by atoms with Gasteiger partial charge in [0.2, 0.25) is 0 Å². The molecule has 0 amide bonds. The van der Waals surface area contributed by atoms with Crippen molar-refractivity contribution in [3.63, 3.8) is 0 Å². The summed E-state index contributed by atoms with van der Waals surface area (Å²) in [5.74, 6) is -0.280. The van der Waals surface area contributed by atoms with Gasteiger partial charge in [-0.2, -0.15) is 0 Å². The molecule has 0 aliphatic heterocycles. The monoisotopic (exact) mass is 307 g/mol. The fourth-order valence-corrected chi connectivity index (χ4v) is 2.07. The number of carbonyl (C=O) groups excluding carboxylic acids is 1. The number of pyridine rings is 1. The number of halogens is 2. The summed E-state index contributed by atoms with van der Waals surface area (Å²) in [5, 5.41) is 0. The molecule has 92 valence electrons. The molecule has 0 N–H and O–H groups in total. The van der Waals surface area contributed by atoms with Gasteiger partial charge in [0.25, 0.3) is 0 Å². The van der Waals surface area contributed by atoms with E-state index in [1.165, 1.54) is 12.1 Å². The van der Waals surface area contributed by atoms with Crippen LogP contribution in [0.3, 0.4) is 0 Å². The van der Waals surface area contributed by atoms with Crippen molar-refractivity contribution in [2.24, 2.45) is 0 Å². The van der Waals surface area contributed by atoms with E-state index in [4.69, 9.17) is 0 Å². The standard InChI is InChI=1S/C14H11BrFNO/c15-14-2-1-12(16)8-11(14)9-13(18)7-10-3-5-17-6-4-10/h1-6,8H,7,9H2. The third-order valence-corrected chi connectivity index (χ3v) is 3.32. The van der Waals surface area contributed by atoms with E-state index < -0.39 is 0 Å². The van der Waals surface area contributed by atoms with Gasteiger partial charge in [-0.15, -0.1) is 0 Å². The minimum atomic E-state index is -0.329. The molecule has 4 heteroatoms. The van der Waals surface area contributed by atoms with Gasteiger partial charge < -0.3 is 0 Å². The first kappa shape index (κ1) is 12.9. The van der Waals surface area contributed by atoms with Crippen molar-refractivity contribution in [1.82, 2.24) is 4.98 Å². The van der Waals surface area contributed by atoms with Crippen LogP contribution in [0, 0.1) is 5.82 Å². The second kappa shape index (κ2) is 5.87. The van der Waals surface area contributed by atoms with Crippen molar-refractivity contribution in [3.05, 3.63) is 64.1 Å². The number of rotatable bonds is 4. The van der Waals surface area contributed by atoms with Crippen molar-refractivity contribution in [2.75, 3.05) is 0 Å². The van der Waals surface area contributed by atoms with Gasteiger partial charge in [-0.05, 0) is 41.5 Å². The average molecular weight is 308 g/mol. The second-order valence-electron chi connectivity index (χ2n) is 3.98. The van der Waals surface area contributed by atoms with Crippen LogP contribution < -0.4 is 0 Å². The van der Waals surface area contributed by atoms with Gasteiger partial charge >= 0.3 is 0 Å². The van der Waals surface area contributed by atoms with Crippen LogP contribution in [0.15, 0.2) is 47.2 Å². The van der Waals surface area contributed by atoms with Gasteiger partial charge in [0.15, 0.2) is 0 Å². The average Bonchev–Trinajstić information content (AvgIpc) is 2.35. The summed E-state index contributed by atoms with van der Waals surface area (Å²) in [5.41, 5.74) is 1.59. The van der Waals surface area contributed by atoms with Gasteiger partial charge in [-0.3, -0.25) is 9.78 Å². The highest BCUT2D eigenvalue weighted by Crippen LogP contribution is 2.19. The Morgan fingerprint density at radius 3 is 2.61 bits per heavy atom. The zero-order valence-electron chi connectivity index (χ0n) is 9.57. The van der Waals surface area contributed by atoms with Crippen molar-refractivity contribution in [3.8, 4) is 0 Å². The number of nitrogens with zero attached hydrogens (tertiary/aromatic N) is 1. The molecular weight excluding hydrogens is 297 g/mol. The summed E-state index contributed by atoms with van der Waals surface area (Å²) < 4.78 is 13.8. The van der Waals surface area contributed by atoms with Crippen LogP contribution >= 0.6 is 15.9 Å². The number of benzene rings is 1. The highest BCUT2D eigenvalue weighted by molar-refractivity contribution is 9.10. The number of aromatic nitrogens is 1. The van der Waals surface area contributed by atoms with Crippen molar-refractivity contribution < 1.29 is 9.18 Å². The van der Waals surface area contributed by atoms with Gasteiger partial charge in [0.1, 0.15) is 11.6 Å². The van der Waals surface area contributed by atoms with E-state index in [9.17, 15) is 9.18 Å². The maximum atomic E-state index is 13.1. The van der Waals surface area contributed by atoms with Crippen LogP contribution in [-0.2, 0) is 17.6 Å². The summed E-state index contributed by atoms with van der Waals surface area (Å²) in [6.07, 6.45) is 3.87. The fraction of sp³-hybridized carbons (Fsp3) is 0.143. The number of ketones is 1. The quantitative estimate of drug-likeness (QED) is 0.867. The van der Waals surface area contributed by atoms with Crippen LogP contribution in [0.2, 0.25) is 0 Å². The molecule has 0 saturated heterocycles. The first-order valence-corrected chi connectivity index (χ1v) is 6.29. The molecule has 0 aliphatic carbocycles.